The molecule has 1 aromatic carbocycles. The third-order valence-corrected chi connectivity index (χ3v) is 8.21. The Morgan fingerprint density at radius 2 is 1.94 bits per heavy atom. The summed E-state index contributed by atoms with van der Waals surface area (Å²) in [5.74, 6) is 0.195. The van der Waals surface area contributed by atoms with E-state index < -0.39 is 10.2 Å². The van der Waals surface area contributed by atoms with E-state index in [1.54, 1.807) is 16.7 Å². The molecule has 3 heterocycles. The van der Waals surface area contributed by atoms with Gasteiger partial charge in [-0.15, -0.1) is 11.3 Å². The summed E-state index contributed by atoms with van der Waals surface area (Å²) >= 11 is 1.44. The average molecular weight is 466 g/mol. The van der Waals surface area contributed by atoms with Crippen molar-refractivity contribution in [1.82, 2.24) is 23.0 Å². The molecule has 0 spiro atoms. The number of hydrogen-bond donors (Lipinski definition) is 0. The van der Waals surface area contributed by atoms with Crippen LogP contribution in [0.1, 0.15) is 30.1 Å². The Balaban J connectivity index is 1.65. The minimum absolute atomic E-state index is 0.0582. The average Bonchev–Trinajstić information content (AvgIpc) is 3.36. The van der Waals surface area contributed by atoms with Gasteiger partial charge in [-0.2, -0.15) is 22.1 Å². The highest BCUT2D eigenvalue weighted by atomic mass is 32.2. The Morgan fingerprint density at radius 1 is 1.19 bits per heavy atom. The van der Waals surface area contributed by atoms with Crippen LogP contribution in [0.2, 0.25) is 0 Å². The lowest BCUT2D eigenvalue weighted by molar-refractivity contribution is 0.295. The maximum absolute atomic E-state index is 13.6. The van der Waals surface area contributed by atoms with E-state index in [0.717, 1.165) is 5.00 Å². The number of aromatic nitrogens is 3. The van der Waals surface area contributed by atoms with Crippen LogP contribution in [0.5, 0.6) is 0 Å². The van der Waals surface area contributed by atoms with E-state index in [1.807, 2.05) is 17.5 Å². The van der Waals surface area contributed by atoms with Gasteiger partial charge in [-0.3, -0.25) is 0 Å². The number of hydrogen-bond acceptors (Lipinski definition) is 5. The van der Waals surface area contributed by atoms with E-state index in [2.05, 4.69) is 5.10 Å². The van der Waals surface area contributed by atoms with E-state index >= 15 is 0 Å². The summed E-state index contributed by atoms with van der Waals surface area (Å²) in [6, 6.07) is 9.83. The van der Waals surface area contributed by atoms with E-state index in [4.69, 9.17) is 0 Å². The molecule has 0 bridgehead atoms. The lowest BCUT2D eigenvalue weighted by atomic mass is 9.97. The first-order valence-electron chi connectivity index (χ1n) is 9.93. The zero-order valence-corrected chi connectivity index (χ0v) is 18.9. The fraction of sp³-hybridized carbons (Fsp3) is 0.400. The van der Waals surface area contributed by atoms with Gasteiger partial charge in [0.25, 0.3) is 10.2 Å². The summed E-state index contributed by atoms with van der Waals surface area (Å²) in [7, 11) is -0.432. The second-order valence-corrected chi connectivity index (χ2v) is 10.7. The van der Waals surface area contributed by atoms with Gasteiger partial charge >= 0.3 is 5.69 Å². The summed E-state index contributed by atoms with van der Waals surface area (Å²) in [6.07, 6.45) is 1.13. The van der Waals surface area contributed by atoms with Crippen LogP contribution >= 0.6 is 11.3 Å². The first-order chi connectivity index (χ1) is 14.8. The largest absolute Gasteiger partial charge is 0.351 e. The van der Waals surface area contributed by atoms with Crippen molar-refractivity contribution in [2.75, 3.05) is 27.2 Å². The van der Waals surface area contributed by atoms with Crippen molar-refractivity contribution >= 4 is 21.5 Å². The Labute approximate surface area is 184 Å². The molecular formula is C20H24FN5O3S2. The fourth-order valence-electron chi connectivity index (χ4n) is 3.78. The van der Waals surface area contributed by atoms with E-state index in [1.165, 1.54) is 50.9 Å². The number of benzene rings is 1. The molecule has 0 aliphatic carbocycles. The molecule has 31 heavy (non-hydrogen) atoms. The van der Waals surface area contributed by atoms with Crippen LogP contribution < -0.4 is 5.69 Å². The molecule has 2 aromatic heterocycles. The van der Waals surface area contributed by atoms with Gasteiger partial charge in [-0.25, -0.2) is 18.4 Å². The Kier molecular flexibility index (Phi) is 6.11. The van der Waals surface area contributed by atoms with Gasteiger partial charge in [0.2, 0.25) is 0 Å². The number of rotatable bonds is 6. The summed E-state index contributed by atoms with van der Waals surface area (Å²) in [4.78, 5) is 13.2. The molecule has 0 atom stereocenters. The summed E-state index contributed by atoms with van der Waals surface area (Å²) < 4.78 is 44.1. The normalized spacial score (nSPS) is 16.3. The van der Waals surface area contributed by atoms with Gasteiger partial charge in [0.05, 0.1) is 6.54 Å². The number of thiophene rings is 1. The van der Waals surface area contributed by atoms with Gasteiger partial charge < -0.3 is 0 Å². The van der Waals surface area contributed by atoms with E-state index in [-0.39, 0.29) is 24.0 Å². The number of halogens is 1. The molecular weight excluding hydrogens is 441 g/mol. The Hall–Kier alpha value is -2.34. The van der Waals surface area contributed by atoms with Crippen molar-refractivity contribution in [1.29, 1.82) is 0 Å². The van der Waals surface area contributed by atoms with Gasteiger partial charge in [-0.05, 0) is 48.1 Å². The van der Waals surface area contributed by atoms with Crippen LogP contribution in [0.15, 0.2) is 46.6 Å². The molecule has 1 saturated heterocycles. The fourth-order valence-corrected chi connectivity index (χ4v) is 5.64. The van der Waals surface area contributed by atoms with Crippen molar-refractivity contribution < 1.29 is 12.8 Å². The Bertz CT molecular complexity index is 1210. The lowest BCUT2D eigenvalue weighted by Crippen LogP contribution is -2.44. The Morgan fingerprint density at radius 3 is 2.55 bits per heavy atom. The SMILES string of the molecule is CN(C)S(=O)(=O)N1CCC(c2nn(Cc3cccc(F)c3)c(=O)n2-c2cccs2)CC1. The van der Waals surface area contributed by atoms with Crippen LogP contribution in [-0.2, 0) is 16.8 Å². The predicted molar refractivity (Wildman–Crippen MR) is 117 cm³/mol. The molecule has 11 heteroatoms. The predicted octanol–water partition coefficient (Wildman–Crippen LogP) is 2.27. The molecule has 4 rings (SSSR count). The highest BCUT2D eigenvalue weighted by Gasteiger charge is 2.33. The first kappa shape index (κ1) is 21.9. The highest BCUT2D eigenvalue weighted by Crippen LogP contribution is 2.30. The summed E-state index contributed by atoms with van der Waals surface area (Å²) in [5, 5.41) is 7.26. The molecule has 0 radical (unpaired) electrons. The van der Waals surface area contributed by atoms with Gasteiger partial charge in [0.15, 0.2) is 0 Å². The maximum Gasteiger partial charge on any atom is 0.351 e. The van der Waals surface area contributed by atoms with Crippen molar-refractivity contribution in [2.45, 2.75) is 25.3 Å². The third-order valence-electron chi connectivity index (χ3n) is 5.42. The summed E-state index contributed by atoms with van der Waals surface area (Å²) in [6.45, 7) is 0.886. The quantitative estimate of drug-likeness (QED) is 0.559. The molecule has 1 aliphatic heterocycles. The molecule has 0 unspecified atom stereocenters. The van der Waals surface area contributed by atoms with Crippen LogP contribution in [0, 0.1) is 5.82 Å². The van der Waals surface area contributed by atoms with Gasteiger partial charge in [0.1, 0.15) is 16.6 Å². The second-order valence-electron chi connectivity index (χ2n) is 7.68. The van der Waals surface area contributed by atoms with Crippen LogP contribution in [-0.4, -0.2) is 58.6 Å². The first-order valence-corrected chi connectivity index (χ1v) is 12.2. The van der Waals surface area contributed by atoms with Crippen molar-refractivity contribution in [3.8, 4) is 5.00 Å². The minimum atomic E-state index is -3.47. The topological polar surface area (TPSA) is 80.4 Å². The van der Waals surface area contributed by atoms with Crippen molar-refractivity contribution in [3.05, 3.63) is 69.5 Å². The van der Waals surface area contributed by atoms with Crippen LogP contribution in [0.3, 0.4) is 0 Å². The number of piperidine rings is 1. The molecule has 3 aromatic rings. The minimum Gasteiger partial charge on any atom is -0.246 e. The second kappa shape index (κ2) is 8.65. The third kappa shape index (κ3) is 4.36. The van der Waals surface area contributed by atoms with Gasteiger partial charge in [-0.1, -0.05) is 12.1 Å². The molecule has 1 fully saturated rings. The molecule has 1 aliphatic rings. The smallest absolute Gasteiger partial charge is 0.246 e. The van der Waals surface area contributed by atoms with Crippen LogP contribution in [0.4, 0.5) is 4.39 Å². The zero-order valence-electron chi connectivity index (χ0n) is 17.3. The number of nitrogens with zero attached hydrogens (tertiary/aromatic N) is 5. The lowest BCUT2D eigenvalue weighted by Gasteiger charge is -2.32. The summed E-state index contributed by atoms with van der Waals surface area (Å²) in [5.41, 5.74) is 0.362. The zero-order chi connectivity index (χ0) is 22.2. The van der Waals surface area contributed by atoms with Gasteiger partial charge in [0, 0.05) is 33.1 Å². The molecule has 166 valence electrons. The maximum atomic E-state index is 13.6. The molecule has 0 saturated carbocycles. The van der Waals surface area contributed by atoms with E-state index in [0.29, 0.717) is 37.3 Å². The van der Waals surface area contributed by atoms with Crippen molar-refractivity contribution in [2.24, 2.45) is 0 Å². The molecule has 0 N–H and O–H groups in total. The molecule has 8 nitrogen and oxygen atoms in total. The monoisotopic (exact) mass is 465 g/mol. The van der Waals surface area contributed by atoms with Crippen LogP contribution in [0.25, 0.3) is 5.00 Å². The van der Waals surface area contributed by atoms with E-state index in [9.17, 15) is 17.6 Å². The highest BCUT2D eigenvalue weighted by molar-refractivity contribution is 7.86. The molecule has 0 amide bonds. The standard InChI is InChI=1S/C20H24FN5O3S2/c1-23(2)31(28,29)24-10-8-16(9-11-24)19-22-25(14-15-5-3-6-17(21)13-15)20(27)26(19)18-7-4-12-30-18/h3-7,12-13,16H,8-11,14H2,1-2H3. The van der Waals surface area contributed by atoms with Crippen molar-refractivity contribution in [3.63, 3.8) is 0 Å².